The van der Waals surface area contributed by atoms with Crippen molar-refractivity contribution in [3.05, 3.63) is 33.3 Å². The van der Waals surface area contributed by atoms with Crippen LogP contribution in [0.15, 0.2) is 16.6 Å². The Morgan fingerprint density at radius 1 is 1.33 bits per heavy atom. The van der Waals surface area contributed by atoms with E-state index in [0.29, 0.717) is 5.92 Å². The summed E-state index contributed by atoms with van der Waals surface area (Å²) >= 11 is 3.58. The lowest BCUT2D eigenvalue weighted by atomic mass is 9.88. The van der Waals surface area contributed by atoms with Gasteiger partial charge in [0.15, 0.2) is 0 Å². The first-order valence-corrected chi connectivity index (χ1v) is 6.23. The van der Waals surface area contributed by atoms with Crippen LogP contribution in [0, 0.1) is 0 Å². The molecule has 1 aromatic rings. The van der Waals surface area contributed by atoms with Crippen molar-refractivity contribution in [2.45, 2.75) is 18.9 Å². The van der Waals surface area contributed by atoms with Gasteiger partial charge in [0, 0.05) is 16.9 Å². The van der Waals surface area contributed by atoms with Gasteiger partial charge in [0.05, 0.1) is 13.2 Å². The summed E-state index contributed by atoms with van der Waals surface area (Å²) in [5, 5.41) is 3.48. The molecule has 0 aliphatic carbocycles. The lowest BCUT2D eigenvalue weighted by Gasteiger charge is -2.26. The van der Waals surface area contributed by atoms with Crippen molar-refractivity contribution in [2.75, 3.05) is 19.7 Å². The Balaban J connectivity index is 2.16. The first-order valence-electron chi connectivity index (χ1n) is 5.44. The van der Waals surface area contributed by atoms with Crippen LogP contribution in [-0.4, -0.2) is 19.7 Å². The molecule has 2 aliphatic rings. The van der Waals surface area contributed by atoms with Crippen molar-refractivity contribution < 1.29 is 4.74 Å². The molecule has 1 atom stereocenters. The molecule has 3 heteroatoms. The Kier molecular flexibility index (Phi) is 2.54. The molecule has 1 unspecified atom stereocenters. The molecular formula is C12H14BrNO. The average molecular weight is 268 g/mol. The van der Waals surface area contributed by atoms with Gasteiger partial charge in [-0.05, 0) is 41.8 Å². The SMILES string of the molecule is Brc1cc2c3c(c1)COCC3CNCC2. The van der Waals surface area contributed by atoms with E-state index in [-0.39, 0.29) is 0 Å². The summed E-state index contributed by atoms with van der Waals surface area (Å²) in [4.78, 5) is 0. The van der Waals surface area contributed by atoms with Crippen molar-refractivity contribution in [3.8, 4) is 0 Å². The van der Waals surface area contributed by atoms with Gasteiger partial charge in [0.25, 0.3) is 0 Å². The minimum absolute atomic E-state index is 0.555. The molecule has 0 aromatic heterocycles. The van der Waals surface area contributed by atoms with Crippen molar-refractivity contribution in [1.82, 2.24) is 5.32 Å². The molecule has 3 rings (SSSR count). The van der Waals surface area contributed by atoms with Crippen LogP contribution in [0.5, 0.6) is 0 Å². The zero-order valence-electron chi connectivity index (χ0n) is 8.55. The van der Waals surface area contributed by atoms with E-state index in [1.807, 2.05) is 0 Å². The predicted octanol–water partition coefficient (Wildman–Crippen LogP) is 2.21. The molecule has 0 radical (unpaired) electrons. The number of hydrogen-bond acceptors (Lipinski definition) is 2. The fraction of sp³-hybridized carbons (Fsp3) is 0.500. The van der Waals surface area contributed by atoms with Crippen LogP contribution < -0.4 is 5.32 Å². The van der Waals surface area contributed by atoms with Crippen LogP contribution in [0.2, 0.25) is 0 Å². The van der Waals surface area contributed by atoms with Crippen molar-refractivity contribution in [1.29, 1.82) is 0 Å². The molecule has 0 saturated carbocycles. The highest BCUT2D eigenvalue weighted by Crippen LogP contribution is 2.33. The minimum atomic E-state index is 0.555. The average Bonchev–Trinajstić information content (AvgIpc) is 2.42. The molecular weight excluding hydrogens is 254 g/mol. The summed E-state index contributed by atoms with van der Waals surface area (Å²) in [6.45, 7) is 3.79. The van der Waals surface area contributed by atoms with Crippen LogP contribution in [0.3, 0.4) is 0 Å². The third kappa shape index (κ3) is 1.73. The lowest BCUT2D eigenvalue weighted by molar-refractivity contribution is 0.0912. The van der Waals surface area contributed by atoms with E-state index in [1.54, 1.807) is 5.56 Å². The molecule has 0 bridgehead atoms. The summed E-state index contributed by atoms with van der Waals surface area (Å²) in [6, 6.07) is 4.47. The van der Waals surface area contributed by atoms with E-state index in [2.05, 4.69) is 33.4 Å². The Hall–Kier alpha value is -0.380. The summed E-state index contributed by atoms with van der Waals surface area (Å²) in [5.41, 5.74) is 4.42. The molecule has 0 saturated heterocycles. The number of ether oxygens (including phenoxy) is 1. The first kappa shape index (κ1) is 9.82. The standard InChI is InChI=1S/C12H14BrNO/c13-11-3-8-1-2-14-5-10-7-15-6-9(4-11)12(8)10/h3-4,10,14H,1-2,5-7H2. The molecule has 0 amide bonds. The Labute approximate surface area is 98.1 Å². The predicted molar refractivity (Wildman–Crippen MR) is 63.1 cm³/mol. The van der Waals surface area contributed by atoms with Gasteiger partial charge in [-0.1, -0.05) is 15.9 Å². The second kappa shape index (κ2) is 3.89. The highest BCUT2D eigenvalue weighted by Gasteiger charge is 2.25. The number of rotatable bonds is 0. The summed E-state index contributed by atoms with van der Waals surface area (Å²) < 4.78 is 6.82. The van der Waals surface area contributed by atoms with Crippen LogP contribution in [0.1, 0.15) is 22.6 Å². The van der Waals surface area contributed by atoms with Crippen LogP contribution >= 0.6 is 15.9 Å². The normalized spacial score (nSPS) is 24.5. The summed E-state index contributed by atoms with van der Waals surface area (Å²) in [7, 11) is 0. The zero-order valence-corrected chi connectivity index (χ0v) is 10.1. The molecule has 0 spiro atoms. The van der Waals surface area contributed by atoms with E-state index >= 15 is 0 Å². The molecule has 2 heterocycles. The number of halogens is 1. The quantitative estimate of drug-likeness (QED) is 0.779. The third-order valence-electron chi connectivity index (χ3n) is 3.26. The fourth-order valence-corrected chi connectivity index (χ4v) is 3.19. The smallest absolute Gasteiger partial charge is 0.0720 e. The van der Waals surface area contributed by atoms with Gasteiger partial charge in [-0.2, -0.15) is 0 Å². The highest BCUT2D eigenvalue weighted by atomic mass is 79.9. The number of benzene rings is 1. The first-order chi connectivity index (χ1) is 7.34. The van der Waals surface area contributed by atoms with E-state index in [4.69, 9.17) is 4.74 Å². The molecule has 2 aliphatic heterocycles. The Morgan fingerprint density at radius 3 is 3.13 bits per heavy atom. The lowest BCUT2D eigenvalue weighted by Crippen LogP contribution is -2.26. The number of hydrogen-bond donors (Lipinski definition) is 1. The summed E-state index contributed by atoms with van der Waals surface area (Å²) in [6.07, 6.45) is 1.14. The molecule has 0 fully saturated rings. The van der Waals surface area contributed by atoms with Gasteiger partial charge in [0.2, 0.25) is 0 Å². The van der Waals surface area contributed by atoms with E-state index in [9.17, 15) is 0 Å². The second-order valence-corrected chi connectivity index (χ2v) is 5.22. The van der Waals surface area contributed by atoms with Crippen LogP contribution in [0.4, 0.5) is 0 Å². The summed E-state index contributed by atoms with van der Waals surface area (Å²) in [5.74, 6) is 0.555. The van der Waals surface area contributed by atoms with Gasteiger partial charge >= 0.3 is 0 Å². The topological polar surface area (TPSA) is 21.3 Å². The van der Waals surface area contributed by atoms with E-state index in [0.717, 1.165) is 32.7 Å². The van der Waals surface area contributed by atoms with Crippen LogP contribution in [0.25, 0.3) is 0 Å². The minimum Gasteiger partial charge on any atom is -0.376 e. The molecule has 2 nitrogen and oxygen atoms in total. The number of nitrogens with one attached hydrogen (secondary N) is 1. The van der Waals surface area contributed by atoms with Gasteiger partial charge in [-0.15, -0.1) is 0 Å². The van der Waals surface area contributed by atoms with E-state index in [1.165, 1.54) is 15.6 Å². The van der Waals surface area contributed by atoms with Crippen molar-refractivity contribution in [2.24, 2.45) is 0 Å². The molecule has 1 aromatic carbocycles. The maximum absolute atomic E-state index is 5.64. The zero-order chi connectivity index (χ0) is 10.3. The fourth-order valence-electron chi connectivity index (χ4n) is 2.64. The van der Waals surface area contributed by atoms with Gasteiger partial charge < -0.3 is 10.1 Å². The highest BCUT2D eigenvalue weighted by molar-refractivity contribution is 9.10. The van der Waals surface area contributed by atoms with Gasteiger partial charge in [-0.3, -0.25) is 0 Å². The molecule has 1 N–H and O–H groups in total. The van der Waals surface area contributed by atoms with Crippen molar-refractivity contribution in [3.63, 3.8) is 0 Å². The second-order valence-electron chi connectivity index (χ2n) is 4.30. The van der Waals surface area contributed by atoms with E-state index < -0.39 is 0 Å². The van der Waals surface area contributed by atoms with Crippen molar-refractivity contribution >= 4 is 15.9 Å². The maximum atomic E-state index is 5.64. The molecule has 15 heavy (non-hydrogen) atoms. The molecule has 80 valence electrons. The maximum Gasteiger partial charge on any atom is 0.0720 e. The van der Waals surface area contributed by atoms with Gasteiger partial charge in [0.1, 0.15) is 0 Å². The third-order valence-corrected chi connectivity index (χ3v) is 3.72. The monoisotopic (exact) mass is 267 g/mol. The largest absolute Gasteiger partial charge is 0.376 e. The van der Waals surface area contributed by atoms with Crippen LogP contribution in [-0.2, 0) is 17.8 Å². The Bertz CT molecular complexity index is 391. The Morgan fingerprint density at radius 2 is 2.20 bits per heavy atom. The van der Waals surface area contributed by atoms with Gasteiger partial charge in [-0.25, -0.2) is 0 Å².